The fourth-order valence-electron chi connectivity index (χ4n) is 1.37. The number of nitrogens with one attached hydrogen (secondary N) is 1. The van der Waals surface area contributed by atoms with E-state index in [4.69, 9.17) is 0 Å². The van der Waals surface area contributed by atoms with Crippen LogP contribution < -0.4 is 5.32 Å². The van der Waals surface area contributed by atoms with Crippen molar-refractivity contribution in [3.05, 3.63) is 35.6 Å². The lowest BCUT2D eigenvalue weighted by Crippen LogP contribution is -2.32. The molecule has 0 unspecified atom stereocenters. The SMILES string of the molecule is CC(C)[C@@H](C)NCCc1ccccc1F. The van der Waals surface area contributed by atoms with Crippen molar-refractivity contribution in [2.24, 2.45) is 5.92 Å². The number of benzene rings is 1. The summed E-state index contributed by atoms with van der Waals surface area (Å²) in [4.78, 5) is 0. The normalized spacial score (nSPS) is 13.1. The lowest BCUT2D eigenvalue weighted by atomic mass is 10.1. The van der Waals surface area contributed by atoms with Gasteiger partial charge in [0.2, 0.25) is 0 Å². The van der Waals surface area contributed by atoms with E-state index in [1.165, 1.54) is 6.07 Å². The summed E-state index contributed by atoms with van der Waals surface area (Å²) in [5.41, 5.74) is 0.793. The second kappa shape index (κ2) is 5.86. The van der Waals surface area contributed by atoms with Crippen LogP contribution in [0.3, 0.4) is 0 Å². The van der Waals surface area contributed by atoms with Crippen LogP contribution in [0.15, 0.2) is 24.3 Å². The second-order valence-electron chi connectivity index (χ2n) is 4.33. The molecule has 1 aromatic rings. The van der Waals surface area contributed by atoms with Gasteiger partial charge in [-0.3, -0.25) is 0 Å². The summed E-state index contributed by atoms with van der Waals surface area (Å²) < 4.78 is 13.2. The van der Waals surface area contributed by atoms with E-state index in [1.807, 2.05) is 12.1 Å². The number of halogens is 1. The first-order valence-corrected chi connectivity index (χ1v) is 5.58. The van der Waals surface area contributed by atoms with Crippen LogP contribution in [0.2, 0.25) is 0 Å². The summed E-state index contributed by atoms with van der Waals surface area (Å²) >= 11 is 0. The zero-order chi connectivity index (χ0) is 11.3. The monoisotopic (exact) mass is 209 g/mol. The van der Waals surface area contributed by atoms with Gasteiger partial charge in [-0.25, -0.2) is 4.39 Å². The number of hydrogen-bond acceptors (Lipinski definition) is 1. The summed E-state index contributed by atoms with van der Waals surface area (Å²) in [6, 6.07) is 7.45. The average Bonchev–Trinajstić information content (AvgIpc) is 2.20. The minimum absolute atomic E-state index is 0.100. The molecule has 0 spiro atoms. The van der Waals surface area contributed by atoms with Gasteiger partial charge >= 0.3 is 0 Å². The van der Waals surface area contributed by atoms with E-state index in [1.54, 1.807) is 6.07 Å². The third kappa shape index (κ3) is 4.00. The molecule has 0 saturated carbocycles. The maximum Gasteiger partial charge on any atom is 0.126 e. The van der Waals surface area contributed by atoms with Crippen LogP contribution in [0.25, 0.3) is 0 Å². The van der Waals surface area contributed by atoms with Crippen molar-refractivity contribution in [2.45, 2.75) is 33.2 Å². The van der Waals surface area contributed by atoms with E-state index in [9.17, 15) is 4.39 Å². The fraction of sp³-hybridized carbons (Fsp3) is 0.538. The Hall–Kier alpha value is -0.890. The zero-order valence-corrected chi connectivity index (χ0v) is 9.76. The molecule has 0 aliphatic carbocycles. The van der Waals surface area contributed by atoms with Crippen molar-refractivity contribution >= 4 is 0 Å². The van der Waals surface area contributed by atoms with Crippen LogP contribution in [0.4, 0.5) is 4.39 Å². The molecule has 84 valence electrons. The summed E-state index contributed by atoms with van der Waals surface area (Å²) in [6.45, 7) is 7.35. The molecule has 0 amide bonds. The fourth-order valence-corrected chi connectivity index (χ4v) is 1.37. The molecule has 0 fully saturated rings. The van der Waals surface area contributed by atoms with E-state index >= 15 is 0 Å². The Morgan fingerprint density at radius 2 is 1.87 bits per heavy atom. The average molecular weight is 209 g/mol. The predicted octanol–water partition coefficient (Wildman–Crippen LogP) is 3.00. The van der Waals surface area contributed by atoms with E-state index in [2.05, 4.69) is 26.1 Å². The summed E-state index contributed by atoms with van der Waals surface area (Å²) in [5, 5.41) is 3.39. The lowest BCUT2D eigenvalue weighted by molar-refractivity contribution is 0.428. The highest BCUT2D eigenvalue weighted by Crippen LogP contribution is 2.07. The van der Waals surface area contributed by atoms with Crippen molar-refractivity contribution < 1.29 is 4.39 Å². The van der Waals surface area contributed by atoms with E-state index in [0.29, 0.717) is 12.0 Å². The minimum Gasteiger partial charge on any atom is -0.314 e. The third-order valence-corrected chi connectivity index (χ3v) is 2.82. The first kappa shape index (κ1) is 12.2. The van der Waals surface area contributed by atoms with Gasteiger partial charge in [0.25, 0.3) is 0 Å². The standard InChI is InChI=1S/C13H20FN/c1-10(2)11(3)15-9-8-12-6-4-5-7-13(12)14/h4-7,10-11,15H,8-9H2,1-3H3/t11-/m1/s1. The largest absolute Gasteiger partial charge is 0.314 e. The molecule has 0 bridgehead atoms. The second-order valence-corrected chi connectivity index (χ2v) is 4.33. The Morgan fingerprint density at radius 1 is 1.20 bits per heavy atom. The van der Waals surface area contributed by atoms with Gasteiger partial charge in [0.1, 0.15) is 5.82 Å². The van der Waals surface area contributed by atoms with Gasteiger partial charge in [-0.1, -0.05) is 32.0 Å². The number of hydrogen-bond donors (Lipinski definition) is 1. The van der Waals surface area contributed by atoms with Gasteiger partial charge in [-0.2, -0.15) is 0 Å². The Balaban J connectivity index is 2.35. The van der Waals surface area contributed by atoms with E-state index in [-0.39, 0.29) is 5.82 Å². The Bertz CT molecular complexity index is 296. The molecule has 1 aromatic carbocycles. The molecule has 0 aliphatic heterocycles. The van der Waals surface area contributed by atoms with Crippen molar-refractivity contribution in [2.75, 3.05) is 6.54 Å². The van der Waals surface area contributed by atoms with Crippen LogP contribution in [-0.4, -0.2) is 12.6 Å². The van der Waals surface area contributed by atoms with Gasteiger partial charge in [0, 0.05) is 6.04 Å². The number of rotatable bonds is 5. The first-order chi connectivity index (χ1) is 7.11. The minimum atomic E-state index is -0.100. The molecule has 0 heterocycles. The topological polar surface area (TPSA) is 12.0 Å². The first-order valence-electron chi connectivity index (χ1n) is 5.58. The molecule has 1 N–H and O–H groups in total. The van der Waals surface area contributed by atoms with Gasteiger partial charge in [0.05, 0.1) is 0 Å². The van der Waals surface area contributed by atoms with E-state index in [0.717, 1.165) is 18.5 Å². The quantitative estimate of drug-likeness (QED) is 0.786. The molecule has 0 aromatic heterocycles. The van der Waals surface area contributed by atoms with Crippen molar-refractivity contribution in [1.29, 1.82) is 0 Å². The van der Waals surface area contributed by atoms with Gasteiger partial charge < -0.3 is 5.32 Å². The molecule has 0 saturated heterocycles. The Labute approximate surface area is 91.7 Å². The molecule has 1 atom stereocenters. The maximum atomic E-state index is 13.2. The summed E-state index contributed by atoms with van der Waals surface area (Å²) in [5.74, 6) is 0.516. The molecule has 1 rings (SSSR count). The zero-order valence-electron chi connectivity index (χ0n) is 9.76. The molecule has 15 heavy (non-hydrogen) atoms. The molecule has 1 nitrogen and oxygen atoms in total. The lowest BCUT2D eigenvalue weighted by Gasteiger charge is -2.17. The smallest absolute Gasteiger partial charge is 0.126 e. The molecular formula is C13H20FN. The Kier molecular flexibility index (Phi) is 4.76. The van der Waals surface area contributed by atoms with Crippen LogP contribution >= 0.6 is 0 Å². The molecule has 2 heteroatoms. The van der Waals surface area contributed by atoms with Gasteiger partial charge in [-0.05, 0) is 37.4 Å². The summed E-state index contributed by atoms with van der Waals surface area (Å²) in [7, 11) is 0. The van der Waals surface area contributed by atoms with E-state index < -0.39 is 0 Å². The highest BCUT2D eigenvalue weighted by atomic mass is 19.1. The van der Waals surface area contributed by atoms with Crippen LogP contribution in [0, 0.1) is 11.7 Å². The predicted molar refractivity (Wildman–Crippen MR) is 62.4 cm³/mol. The van der Waals surface area contributed by atoms with Crippen LogP contribution in [0.5, 0.6) is 0 Å². The van der Waals surface area contributed by atoms with Crippen molar-refractivity contribution in [3.63, 3.8) is 0 Å². The molecule has 0 aliphatic rings. The Morgan fingerprint density at radius 3 is 2.47 bits per heavy atom. The van der Waals surface area contributed by atoms with Crippen LogP contribution in [-0.2, 0) is 6.42 Å². The summed E-state index contributed by atoms with van der Waals surface area (Å²) in [6.07, 6.45) is 0.754. The molecular weight excluding hydrogens is 189 g/mol. The van der Waals surface area contributed by atoms with Crippen LogP contribution in [0.1, 0.15) is 26.3 Å². The van der Waals surface area contributed by atoms with Crippen molar-refractivity contribution in [1.82, 2.24) is 5.32 Å². The highest BCUT2D eigenvalue weighted by Gasteiger charge is 2.06. The molecule has 0 radical (unpaired) electrons. The highest BCUT2D eigenvalue weighted by molar-refractivity contribution is 5.17. The van der Waals surface area contributed by atoms with Gasteiger partial charge in [-0.15, -0.1) is 0 Å². The van der Waals surface area contributed by atoms with Gasteiger partial charge in [0.15, 0.2) is 0 Å². The third-order valence-electron chi connectivity index (χ3n) is 2.82. The maximum absolute atomic E-state index is 13.2. The van der Waals surface area contributed by atoms with Crippen molar-refractivity contribution in [3.8, 4) is 0 Å².